The molecule has 3 heteroatoms. The smallest absolute Gasteiger partial charge is 0.111 e. The Balaban J connectivity index is 2.46. The fourth-order valence-corrected chi connectivity index (χ4v) is 2.22. The highest BCUT2D eigenvalue weighted by molar-refractivity contribution is 5.20. The molecule has 2 heterocycles. The van der Waals surface area contributed by atoms with Gasteiger partial charge in [-0.1, -0.05) is 13.8 Å². The van der Waals surface area contributed by atoms with Crippen molar-refractivity contribution >= 4 is 0 Å². The predicted octanol–water partition coefficient (Wildman–Crippen LogP) is 1.84. The number of hydrogen-bond acceptors (Lipinski definition) is 2. The monoisotopic (exact) mass is 194 g/mol. The van der Waals surface area contributed by atoms with E-state index in [4.69, 9.17) is 0 Å². The van der Waals surface area contributed by atoms with E-state index in [0.29, 0.717) is 5.92 Å². The molecule has 0 aromatic carbocycles. The first-order chi connectivity index (χ1) is 6.74. The van der Waals surface area contributed by atoms with E-state index in [0.717, 1.165) is 24.5 Å². The third kappa shape index (κ3) is 1.46. The van der Waals surface area contributed by atoms with Crippen molar-refractivity contribution in [2.45, 2.75) is 52.2 Å². The standard InChI is InChI=1S/C11H18N2O/c1-8(2)11-12-9(7-14)10-5-3-4-6-13(10)11/h8,14H,3-7H2,1-2H3. The Morgan fingerprint density at radius 3 is 2.86 bits per heavy atom. The van der Waals surface area contributed by atoms with Crippen LogP contribution < -0.4 is 0 Å². The van der Waals surface area contributed by atoms with Gasteiger partial charge in [-0.25, -0.2) is 4.98 Å². The Bertz CT molecular complexity index is 328. The van der Waals surface area contributed by atoms with Crippen LogP contribution in [0.15, 0.2) is 0 Å². The molecule has 1 aliphatic rings. The SMILES string of the molecule is CC(C)c1nc(CO)c2n1CCCC2. The summed E-state index contributed by atoms with van der Waals surface area (Å²) in [6.07, 6.45) is 3.56. The van der Waals surface area contributed by atoms with Crippen molar-refractivity contribution in [2.24, 2.45) is 0 Å². The van der Waals surface area contributed by atoms with Crippen LogP contribution in [0.3, 0.4) is 0 Å². The largest absolute Gasteiger partial charge is 0.390 e. The molecular formula is C11H18N2O. The van der Waals surface area contributed by atoms with Crippen LogP contribution in [0.5, 0.6) is 0 Å². The summed E-state index contributed by atoms with van der Waals surface area (Å²) >= 11 is 0. The number of imidazole rings is 1. The summed E-state index contributed by atoms with van der Waals surface area (Å²) in [6.45, 7) is 5.48. The van der Waals surface area contributed by atoms with E-state index in [1.165, 1.54) is 18.5 Å². The van der Waals surface area contributed by atoms with Gasteiger partial charge in [-0.05, 0) is 19.3 Å². The highest BCUT2D eigenvalue weighted by Crippen LogP contribution is 2.24. The topological polar surface area (TPSA) is 38.1 Å². The molecule has 0 unspecified atom stereocenters. The maximum Gasteiger partial charge on any atom is 0.111 e. The lowest BCUT2D eigenvalue weighted by molar-refractivity contribution is 0.275. The molecule has 2 rings (SSSR count). The molecule has 0 saturated heterocycles. The number of aromatic nitrogens is 2. The highest BCUT2D eigenvalue weighted by Gasteiger charge is 2.20. The van der Waals surface area contributed by atoms with Crippen LogP contribution in [0, 0.1) is 0 Å². The predicted molar refractivity (Wildman–Crippen MR) is 55.2 cm³/mol. The van der Waals surface area contributed by atoms with Gasteiger partial charge in [-0.2, -0.15) is 0 Å². The number of fused-ring (bicyclic) bond motifs is 1. The zero-order valence-electron chi connectivity index (χ0n) is 8.95. The van der Waals surface area contributed by atoms with Crippen molar-refractivity contribution < 1.29 is 5.11 Å². The maximum absolute atomic E-state index is 9.21. The minimum Gasteiger partial charge on any atom is -0.390 e. The Labute approximate surface area is 84.8 Å². The molecule has 78 valence electrons. The number of nitrogens with zero attached hydrogens (tertiary/aromatic N) is 2. The second kappa shape index (κ2) is 3.73. The number of hydrogen-bond donors (Lipinski definition) is 1. The van der Waals surface area contributed by atoms with Crippen molar-refractivity contribution in [3.05, 3.63) is 17.2 Å². The van der Waals surface area contributed by atoms with E-state index in [1.54, 1.807) is 0 Å². The molecule has 3 nitrogen and oxygen atoms in total. The third-order valence-corrected chi connectivity index (χ3v) is 2.90. The summed E-state index contributed by atoms with van der Waals surface area (Å²) in [5, 5.41) is 9.21. The summed E-state index contributed by atoms with van der Waals surface area (Å²) in [4.78, 5) is 4.52. The molecule has 0 fully saturated rings. The van der Waals surface area contributed by atoms with Gasteiger partial charge in [0.2, 0.25) is 0 Å². The number of aliphatic hydroxyl groups is 1. The van der Waals surface area contributed by atoms with E-state index in [2.05, 4.69) is 23.4 Å². The molecule has 0 saturated carbocycles. The van der Waals surface area contributed by atoms with E-state index >= 15 is 0 Å². The second-order valence-corrected chi connectivity index (χ2v) is 4.28. The Morgan fingerprint density at radius 1 is 1.43 bits per heavy atom. The van der Waals surface area contributed by atoms with Crippen LogP contribution in [0.1, 0.15) is 49.8 Å². The van der Waals surface area contributed by atoms with Gasteiger partial charge in [-0.15, -0.1) is 0 Å². The average molecular weight is 194 g/mol. The number of aliphatic hydroxyl groups excluding tert-OH is 1. The van der Waals surface area contributed by atoms with Crippen molar-refractivity contribution in [1.82, 2.24) is 9.55 Å². The van der Waals surface area contributed by atoms with Crippen LogP contribution >= 0.6 is 0 Å². The quantitative estimate of drug-likeness (QED) is 0.780. The van der Waals surface area contributed by atoms with Crippen molar-refractivity contribution in [3.63, 3.8) is 0 Å². The van der Waals surface area contributed by atoms with Crippen LogP contribution in [-0.2, 0) is 19.6 Å². The number of rotatable bonds is 2. The van der Waals surface area contributed by atoms with Crippen molar-refractivity contribution in [1.29, 1.82) is 0 Å². The van der Waals surface area contributed by atoms with Crippen molar-refractivity contribution in [2.75, 3.05) is 0 Å². The zero-order valence-corrected chi connectivity index (χ0v) is 8.95. The summed E-state index contributed by atoms with van der Waals surface area (Å²) < 4.78 is 2.31. The second-order valence-electron chi connectivity index (χ2n) is 4.28. The Morgan fingerprint density at radius 2 is 2.21 bits per heavy atom. The third-order valence-electron chi connectivity index (χ3n) is 2.90. The van der Waals surface area contributed by atoms with Gasteiger partial charge in [0.1, 0.15) is 5.82 Å². The maximum atomic E-state index is 9.21. The molecule has 0 atom stereocenters. The van der Waals surface area contributed by atoms with Gasteiger partial charge in [0.25, 0.3) is 0 Å². The van der Waals surface area contributed by atoms with Gasteiger partial charge in [-0.3, -0.25) is 0 Å². The van der Waals surface area contributed by atoms with Crippen molar-refractivity contribution in [3.8, 4) is 0 Å². The first-order valence-electron chi connectivity index (χ1n) is 5.43. The molecule has 1 aromatic heterocycles. The minimum atomic E-state index is 0.0854. The van der Waals surface area contributed by atoms with Gasteiger partial charge < -0.3 is 9.67 Å². The van der Waals surface area contributed by atoms with Crippen LogP contribution in [0.25, 0.3) is 0 Å². The van der Waals surface area contributed by atoms with E-state index in [1.807, 2.05) is 0 Å². The van der Waals surface area contributed by atoms with Crippen LogP contribution in [0.2, 0.25) is 0 Å². The lowest BCUT2D eigenvalue weighted by Crippen LogP contribution is -2.14. The van der Waals surface area contributed by atoms with Crippen LogP contribution in [0.4, 0.5) is 0 Å². The van der Waals surface area contributed by atoms with Gasteiger partial charge in [0.15, 0.2) is 0 Å². The first kappa shape index (κ1) is 9.71. The average Bonchev–Trinajstić information content (AvgIpc) is 2.56. The van der Waals surface area contributed by atoms with Crippen LogP contribution in [-0.4, -0.2) is 14.7 Å². The summed E-state index contributed by atoms with van der Waals surface area (Å²) in [7, 11) is 0. The molecule has 0 radical (unpaired) electrons. The molecule has 1 aromatic rings. The molecule has 14 heavy (non-hydrogen) atoms. The van der Waals surface area contributed by atoms with Gasteiger partial charge in [0.05, 0.1) is 12.3 Å². The highest BCUT2D eigenvalue weighted by atomic mass is 16.3. The fraction of sp³-hybridized carbons (Fsp3) is 0.727. The molecule has 1 aliphatic heterocycles. The van der Waals surface area contributed by atoms with Gasteiger partial charge in [0, 0.05) is 18.2 Å². The minimum absolute atomic E-state index is 0.0854. The normalized spacial score (nSPS) is 16.0. The summed E-state index contributed by atoms with van der Waals surface area (Å²) in [5.74, 6) is 1.59. The van der Waals surface area contributed by atoms with E-state index in [9.17, 15) is 5.11 Å². The summed E-state index contributed by atoms with van der Waals surface area (Å²) in [5.41, 5.74) is 2.16. The van der Waals surface area contributed by atoms with E-state index < -0.39 is 0 Å². The lowest BCUT2D eigenvalue weighted by Gasteiger charge is -2.18. The Kier molecular flexibility index (Phi) is 2.59. The molecule has 1 N–H and O–H groups in total. The fourth-order valence-electron chi connectivity index (χ4n) is 2.22. The molecular weight excluding hydrogens is 176 g/mol. The molecule has 0 aliphatic carbocycles. The Hall–Kier alpha value is -0.830. The molecule has 0 spiro atoms. The lowest BCUT2D eigenvalue weighted by atomic mass is 10.1. The van der Waals surface area contributed by atoms with E-state index in [-0.39, 0.29) is 6.61 Å². The summed E-state index contributed by atoms with van der Waals surface area (Å²) in [6, 6.07) is 0. The van der Waals surface area contributed by atoms with Gasteiger partial charge >= 0.3 is 0 Å². The molecule has 0 amide bonds. The first-order valence-corrected chi connectivity index (χ1v) is 5.43. The zero-order chi connectivity index (χ0) is 10.1. The molecule has 0 bridgehead atoms.